The third kappa shape index (κ3) is 2.23. The van der Waals surface area contributed by atoms with Crippen LogP contribution in [0.25, 0.3) is 0 Å². The number of carbonyl (C=O) groups is 1. The van der Waals surface area contributed by atoms with Gasteiger partial charge in [-0.2, -0.15) is 0 Å². The Bertz CT molecular complexity index is 253. The van der Waals surface area contributed by atoms with Gasteiger partial charge in [-0.1, -0.05) is 6.42 Å². The van der Waals surface area contributed by atoms with Gasteiger partial charge in [-0.15, -0.1) is 0 Å². The lowest BCUT2D eigenvalue weighted by Gasteiger charge is -2.36. The SMILES string of the molecule is C[C@H]1CNCCN1C(=O)[C@@H]1CCC[C@@H]1CN. The van der Waals surface area contributed by atoms with Crippen molar-refractivity contribution < 1.29 is 4.79 Å². The van der Waals surface area contributed by atoms with E-state index in [-0.39, 0.29) is 5.92 Å². The van der Waals surface area contributed by atoms with Gasteiger partial charge >= 0.3 is 0 Å². The first-order valence-corrected chi connectivity index (χ1v) is 6.45. The Morgan fingerprint density at radius 1 is 1.50 bits per heavy atom. The molecule has 3 atom stereocenters. The molecule has 16 heavy (non-hydrogen) atoms. The van der Waals surface area contributed by atoms with E-state index in [1.54, 1.807) is 0 Å². The molecule has 1 aliphatic carbocycles. The molecule has 0 spiro atoms. The minimum Gasteiger partial charge on any atom is -0.337 e. The highest BCUT2D eigenvalue weighted by molar-refractivity contribution is 5.80. The van der Waals surface area contributed by atoms with Crippen LogP contribution in [0.2, 0.25) is 0 Å². The molecule has 1 amide bonds. The van der Waals surface area contributed by atoms with E-state index in [0.29, 0.717) is 24.4 Å². The highest BCUT2D eigenvalue weighted by Crippen LogP contribution is 2.32. The van der Waals surface area contributed by atoms with Crippen LogP contribution in [0.3, 0.4) is 0 Å². The monoisotopic (exact) mass is 225 g/mol. The molecule has 3 N–H and O–H groups in total. The molecular weight excluding hydrogens is 202 g/mol. The Hall–Kier alpha value is -0.610. The van der Waals surface area contributed by atoms with E-state index >= 15 is 0 Å². The summed E-state index contributed by atoms with van der Waals surface area (Å²) in [7, 11) is 0. The van der Waals surface area contributed by atoms with Crippen LogP contribution >= 0.6 is 0 Å². The van der Waals surface area contributed by atoms with Gasteiger partial charge in [0.1, 0.15) is 0 Å². The number of nitrogens with two attached hydrogens (primary N) is 1. The van der Waals surface area contributed by atoms with Gasteiger partial charge in [-0.3, -0.25) is 4.79 Å². The number of nitrogens with zero attached hydrogens (tertiary/aromatic N) is 1. The van der Waals surface area contributed by atoms with Crippen LogP contribution in [-0.4, -0.2) is 43.0 Å². The van der Waals surface area contributed by atoms with Crippen molar-refractivity contribution in [3.05, 3.63) is 0 Å². The smallest absolute Gasteiger partial charge is 0.226 e. The maximum absolute atomic E-state index is 12.4. The summed E-state index contributed by atoms with van der Waals surface area (Å²) in [5.41, 5.74) is 5.74. The second kappa shape index (κ2) is 5.15. The maximum atomic E-state index is 12.4. The van der Waals surface area contributed by atoms with E-state index in [2.05, 4.69) is 17.1 Å². The molecule has 0 unspecified atom stereocenters. The number of hydrogen-bond acceptors (Lipinski definition) is 3. The van der Waals surface area contributed by atoms with Crippen molar-refractivity contribution in [2.75, 3.05) is 26.2 Å². The van der Waals surface area contributed by atoms with Gasteiger partial charge in [0.25, 0.3) is 0 Å². The fourth-order valence-electron chi connectivity index (χ4n) is 3.03. The number of amides is 1. The molecule has 1 heterocycles. The van der Waals surface area contributed by atoms with Crippen molar-refractivity contribution >= 4 is 5.91 Å². The molecule has 1 saturated heterocycles. The van der Waals surface area contributed by atoms with E-state index in [9.17, 15) is 4.79 Å². The molecule has 0 bridgehead atoms. The molecule has 0 aromatic rings. The average molecular weight is 225 g/mol. The van der Waals surface area contributed by atoms with E-state index in [0.717, 1.165) is 32.5 Å². The molecule has 92 valence electrons. The molecular formula is C12H23N3O. The van der Waals surface area contributed by atoms with Crippen LogP contribution in [0.15, 0.2) is 0 Å². The molecule has 4 heteroatoms. The van der Waals surface area contributed by atoms with Gasteiger partial charge in [0.2, 0.25) is 5.91 Å². The van der Waals surface area contributed by atoms with E-state index in [4.69, 9.17) is 5.73 Å². The zero-order valence-electron chi connectivity index (χ0n) is 10.1. The predicted octanol–water partition coefficient (Wildman–Crippen LogP) is 0.182. The Morgan fingerprint density at radius 2 is 2.31 bits per heavy atom. The Morgan fingerprint density at radius 3 is 3.00 bits per heavy atom. The average Bonchev–Trinajstić information content (AvgIpc) is 2.77. The molecule has 1 saturated carbocycles. The molecule has 2 fully saturated rings. The van der Waals surface area contributed by atoms with E-state index in [1.165, 1.54) is 6.42 Å². The zero-order chi connectivity index (χ0) is 11.5. The lowest BCUT2D eigenvalue weighted by Crippen LogP contribution is -2.54. The standard InChI is InChI=1S/C12H23N3O/c1-9-8-14-5-6-15(9)12(16)11-4-2-3-10(11)7-13/h9-11,14H,2-8,13H2,1H3/t9-,10+,11+/m0/s1. The summed E-state index contributed by atoms with van der Waals surface area (Å²) in [5.74, 6) is 0.974. The minimum atomic E-state index is 0.200. The quantitative estimate of drug-likeness (QED) is 0.705. The molecule has 0 aromatic heterocycles. The second-order valence-electron chi connectivity index (χ2n) is 5.12. The number of rotatable bonds is 2. The second-order valence-corrected chi connectivity index (χ2v) is 5.12. The number of nitrogens with one attached hydrogen (secondary N) is 1. The summed E-state index contributed by atoms with van der Waals surface area (Å²) in [5, 5.41) is 3.32. The lowest BCUT2D eigenvalue weighted by atomic mass is 9.94. The topological polar surface area (TPSA) is 58.4 Å². The van der Waals surface area contributed by atoms with Crippen molar-refractivity contribution in [1.29, 1.82) is 0 Å². The summed E-state index contributed by atoms with van der Waals surface area (Å²) in [6.45, 7) is 5.49. The number of carbonyl (C=O) groups excluding carboxylic acids is 1. The van der Waals surface area contributed by atoms with Gasteiger partial charge in [-0.25, -0.2) is 0 Å². The predicted molar refractivity (Wildman–Crippen MR) is 63.9 cm³/mol. The Kier molecular flexibility index (Phi) is 3.82. The largest absolute Gasteiger partial charge is 0.337 e. The first-order valence-electron chi connectivity index (χ1n) is 6.45. The van der Waals surface area contributed by atoms with Crippen molar-refractivity contribution in [1.82, 2.24) is 10.2 Å². The van der Waals surface area contributed by atoms with Gasteiger partial charge in [-0.05, 0) is 32.2 Å². The number of hydrogen-bond donors (Lipinski definition) is 2. The fourth-order valence-corrected chi connectivity index (χ4v) is 3.03. The molecule has 1 aliphatic heterocycles. The fraction of sp³-hybridized carbons (Fsp3) is 0.917. The van der Waals surface area contributed by atoms with Gasteiger partial charge in [0.15, 0.2) is 0 Å². The molecule has 2 aliphatic rings. The van der Waals surface area contributed by atoms with Crippen molar-refractivity contribution in [2.24, 2.45) is 17.6 Å². The van der Waals surface area contributed by atoms with Gasteiger partial charge < -0.3 is 16.0 Å². The highest BCUT2D eigenvalue weighted by atomic mass is 16.2. The summed E-state index contributed by atoms with van der Waals surface area (Å²) in [6, 6.07) is 0.334. The Labute approximate surface area is 97.6 Å². The van der Waals surface area contributed by atoms with Gasteiger partial charge in [0, 0.05) is 31.6 Å². The molecule has 4 nitrogen and oxygen atoms in total. The normalized spacial score (nSPS) is 35.4. The molecule has 0 aromatic carbocycles. The third-order valence-corrected chi connectivity index (χ3v) is 4.06. The maximum Gasteiger partial charge on any atom is 0.226 e. The van der Waals surface area contributed by atoms with Crippen LogP contribution in [0.1, 0.15) is 26.2 Å². The van der Waals surface area contributed by atoms with Crippen molar-refractivity contribution in [3.8, 4) is 0 Å². The highest BCUT2D eigenvalue weighted by Gasteiger charge is 2.36. The van der Waals surface area contributed by atoms with Crippen LogP contribution in [0, 0.1) is 11.8 Å². The third-order valence-electron chi connectivity index (χ3n) is 4.06. The Balaban J connectivity index is 2.00. The van der Waals surface area contributed by atoms with Crippen LogP contribution in [0.5, 0.6) is 0 Å². The zero-order valence-corrected chi connectivity index (χ0v) is 10.1. The summed E-state index contributed by atoms with van der Waals surface area (Å²) >= 11 is 0. The molecule has 2 rings (SSSR count). The van der Waals surface area contributed by atoms with Crippen molar-refractivity contribution in [3.63, 3.8) is 0 Å². The lowest BCUT2D eigenvalue weighted by molar-refractivity contribution is -0.139. The minimum absolute atomic E-state index is 0.200. The van der Waals surface area contributed by atoms with Crippen molar-refractivity contribution in [2.45, 2.75) is 32.2 Å². The summed E-state index contributed by atoms with van der Waals surface area (Å²) < 4.78 is 0. The molecule has 0 radical (unpaired) electrons. The van der Waals surface area contributed by atoms with Gasteiger partial charge in [0.05, 0.1) is 0 Å². The van der Waals surface area contributed by atoms with Crippen LogP contribution in [-0.2, 0) is 4.79 Å². The van der Waals surface area contributed by atoms with Crippen LogP contribution < -0.4 is 11.1 Å². The van der Waals surface area contributed by atoms with E-state index < -0.39 is 0 Å². The summed E-state index contributed by atoms with van der Waals surface area (Å²) in [6.07, 6.45) is 3.34. The summed E-state index contributed by atoms with van der Waals surface area (Å²) in [4.78, 5) is 14.5. The first-order chi connectivity index (χ1) is 7.74. The first kappa shape index (κ1) is 11.9. The van der Waals surface area contributed by atoms with E-state index in [1.807, 2.05) is 0 Å². The number of piperazine rings is 1. The van der Waals surface area contributed by atoms with Crippen LogP contribution in [0.4, 0.5) is 0 Å².